The quantitative estimate of drug-likeness (QED) is 0.437. The van der Waals surface area contributed by atoms with E-state index < -0.39 is 6.09 Å². The van der Waals surface area contributed by atoms with Crippen LogP contribution in [0.25, 0.3) is 0 Å². The Morgan fingerprint density at radius 3 is 2.79 bits per heavy atom. The Hall–Kier alpha value is -0.710. The van der Waals surface area contributed by atoms with Crippen LogP contribution in [0, 0.1) is 0 Å². The highest BCUT2D eigenvalue weighted by Gasteiger charge is 2.19. The van der Waals surface area contributed by atoms with Gasteiger partial charge in [0.05, 0.1) is 11.0 Å². The molecule has 0 saturated carbocycles. The number of carbonyl (C=O) groups is 1. The highest BCUT2D eigenvalue weighted by Crippen LogP contribution is 2.25. The summed E-state index contributed by atoms with van der Waals surface area (Å²) in [6.07, 6.45) is 5.23. The molecule has 0 aliphatic rings. The van der Waals surface area contributed by atoms with Crippen LogP contribution in [0.1, 0.15) is 26.7 Å². The molecule has 0 aromatic rings. The lowest BCUT2D eigenvalue weighted by Crippen LogP contribution is -2.23. The van der Waals surface area contributed by atoms with Crippen LogP contribution in [0.15, 0.2) is 5.16 Å². The van der Waals surface area contributed by atoms with Crippen molar-refractivity contribution in [2.45, 2.75) is 31.4 Å². The first-order valence-corrected chi connectivity index (χ1v) is 5.79. The summed E-state index contributed by atoms with van der Waals surface area (Å²) in [5, 5.41) is 5.97. The van der Waals surface area contributed by atoms with E-state index in [1.165, 1.54) is 7.05 Å². The molecule has 14 heavy (non-hydrogen) atoms. The summed E-state index contributed by atoms with van der Waals surface area (Å²) in [4.78, 5) is 15.2. The normalized spacial score (nSPS) is 15.1. The third kappa shape index (κ3) is 5.11. The molecule has 0 aromatic heterocycles. The Bertz CT molecular complexity index is 209. The van der Waals surface area contributed by atoms with Crippen LogP contribution >= 0.6 is 11.8 Å². The standard InChI is InChI=1S/C9H18N2O2S/c1-5-6-9(2,14-4)7-11-13-8(12)10-3/h7H,5-6H2,1-4H3,(H,10,12). The molecule has 4 nitrogen and oxygen atoms in total. The molecule has 0 saturated heterocycles. The molecule has 0 fully saturated rings. The van der Waals surface area contributed by atoms with Gasteiger partial charge in [0.2, 0.25) is 0 Å². The molecule has 0 aliphatic heterocycles. The van der Waals surface area contributed by atoms with Crippen LogP contribution in [-0.4, -0.2) is 30.4 Å². The van der Waals surface area contributed by atoms with Crippen molar-refractivity contribution in [3.8, 4) is 0 Å². The molecule has 0 heterocycles. The topological polar surface area (TPSA) is 50.7 Å². The Kier molecular flexibility index (Phi) is 6.36. The van der Waals surface area contributed by atoms with E-state index in [1.54, 1.807) is 18.0 Å². The zero-order valence-electron chi connectivity index (χ0n) is 9.16. The summed E-state index contributed by atoms with van der Waals surface area (Å²) >= 11 is 1.70. The maximum Gasteiger partial charge on any atom is 0.433 e. The minimum atomic E-state index is -0.541. The molecule has 0 aliphatic carbocycles. The number of thioether (sulfide) groups is 1. The fraction of sp³-hybridized carbons (Fsp3) is 0.778. The van der Waals surface area contributed by atoms with Gasteiger partial charge in [-0.05, 0) is 19.6 Å². The maximum absolute atomic E-state index is 10.7. The number of amides is 1. The highest BCUT2D eigenvalue weighted by molar-refractivity contribution is 8.00. The van der Waals surface area contributed by atoms with Crippen molar-refractivity contribution in [1.82, 2.24) is 5.32 Å². The monoisotopic (exact) mass is 218 g/mol. The lowest BCUT2D eigenvalue weighted by atomic mass is 10.1. The summed E-state index contributed by atoms with van der Waals surface area (Å²) in [6.45, 7) is 4.18. The van der Waals surface area contributed by atoms with E-state index in [0.717, 1.165) is 12.8 Å². The lowest BCUT2D eigenvalue weighted by molar-refractivity contribution is 0.153. The minimum Gasteiger partial charge on any atom is -0.323 e. The van der Waals surface area contributed by atoms with E-state index in [1.807, 2.05) is 6.26 Å². The number of hydrogen-bond acceptors (Lipinski definition) is 4. The van der Waals surface area contributed by atoms with Crippen molar-refractivity contribution in [2.75, 3.05) is 13.3 Å². The Morgan fingerprint density at radius 1 is 1.71 bits per heavy atom. The lowest BCUT2D eigenvalue weighted by Gasteiger charge is -2.20. The van der Waals surface area contributed by atoms with E-state index in [2.05, 4.69) is 29.2 Å². The van der Waals surface area contributed by atoms with E-state index in [9.17, 15) is 4.79 Å². The van der Waals surface area contributed by atoms with Crippen molar-refractivity contribution in [3.05, 3.63) is 0 Å². The van der Waals surface area contributed by atoms with E-state index in [-0.39, 0.29) is 4.75 Å². The maximum atomic E-state index is 10.7. The average molecular weight is 218 g/mol. The van der Waals surface area contributed by atoms with Crippen LogP contribution in [0.4, 0.5) is 4.79 Å². The fourth-order valence-electron chi connectivity index (χ4n) is 0.947. The molecule has 0 spiro atoms. The smallest absolute Gasteiger partial charge is 0.323 e. The Balaban J connectivity index is 4.09. The van der Waals surface area contributed by atoms with Crippen LogP contribution in [-0.2, 0) is 4.84 Å². The molecular weight excluding hydrogens is 200 g/mol. The molecule has 82 valence electrons. The van der Waals surface area contributed by atoms with Gasteiger partial charge in [-0.25, -0.2) is 4.79 Å². The van der Waals surface area contributed by atoms with Crippen molar-refractivity contribution in [3.63, 3.8) is 0 Å². The summed E-state index contributed by atoms with van der Waals surface area (Å²) in [5.41, 5.74) is 0. The first-order chi connectivity index (χ1) is 6.58. The van der Waals surface area contributed by atoms with Crippen LogP contribution in [0.3, 0.4) is 0 Å². The second-order valence-electron chi connectivity index (χ2n) is 3.13. The second-order valence-corrected chi connectivity index (χ2v) is 4.47. The van der Waals surface area contributed by atoms with Gasteiger partial charge in [0.1, 0.15) is 0 Å². The minimum absolute atomic E-state index is 0.0528. The van der Waals surface area contributed by atoms with Gasteiger partial charge in [-0.3, -0.25) is 4.84 Å². The molecule has 1 unspecified atom stereocenters. The molecule has 0 aromatic carbocycles. The number of hydrogen-bond donors (Lipinski definition) is 1. The van der Waals surface area contributed by atoms with Gasteiger partial charge in [-0.15, -0.1) is 0 Å². The van der Waals surface area contributed by atoms with Crippen LogP contribution in [0.2, 0.25) is 0 Å². The summed E-state index contributed by atoms with van der Waals surface area (Å²) < 4.78 is -0.0528. The average Bonchev–Trinajstić information content (AvgIpc) is 2.18. The zero-order chi connectivity index (χ0) is 11.0. The van der Waals surface area contributed by atoms with Crippen LogP contribution in [0.5, 0.6) is 0 Å². The van der Waals surface area contributed by atoms with Gasteiger partial charge in [-0.2, -0.15) is 11.8 Å². The predicted octanol–water partition coefficient (Wildman–Crippen LogP) is 2.25. The first-order valence-electron chi connectivity index (χ1n) is 4.56. The second kappa shape index (κ2) is 6.70. The molecule has 0 rings (SSSR count). The molecule has 1 atom stereocenters. The number of nitrogens with zero attached hydrogens (tertiary/aromatic N) is 1. The number of oxime groups is 1. The predicted molar refractivity (Wildman–Crippen MR) is 60.9 cm³/mol. The molecular formula is C9H18N2O2S. The molecule has 0 radical (unpaired) electrons. The van der Waals surface area contributed by atoms with Gasteiger partial charge in [0.25, 0.3) is 0 Å². The van der Waals surface area contributed by atoms with Crippen LogP contribution < -0.4 is 5.32 Å². The number of rotatable bonds is 5. The highest BCUT2D eigenvalue weighted by atomic mass is 32.2. The molecule has 1 N–H and O–H groups in total. The van der Waals surface area contributed by atoms with Gasteiger partial charge in [0, 0.05) is 7.05 Å². The Labute approximate surface area is 89.5 Å². The summed E-state index contributed by atoms with van der Waals surface area (Å²) in [5.74, 6) is 0. The Morgan fingerprint density at radius 2 is 2.36 bits per heavy atom. The number of nitrogens with one attached hydrogen (secondary N) is 1. The first kappa shape index (κ1) is 13.3. The number of carbonyl (C=O) groups excluding carboxylic acids is 1. The molecule has 0 bridgehead atoms. The van der Waals surface area contributed by atoms with Gasteiger partial charge in [0.15, 0.2) is 0 Å². The zero-order valence-corrected chi connectivity index (χ0v) is 9.98. The third-order valence-electron chi connectivity index (χ3n) is 1.88. The van der Waals surface area contributed by atoms with E-state index in [0.29, 0.717) is 0 Å². The van der Waals surface area contributed by atoms with Crippen molar-refractivity contribution in [2.24, 2.45) is 5.16 Å². The van der Waals surface area contributed by atoms with E-state index >= 15 is 0 Å². The summed E-state index contributed by atoms with van der Waals surface area (Å²) in [6, 6.07) is 0. The summed E-state index contributed by atoms with van der Waals surface area (Å²) in [7, 11) is 1.50. The third-order valence-corrected chi connectivity index (χ3v) is 3.12. The van der Waals surface area contributed by atoms with Gasteiger partial charge < -0.3 is 5.32 Å². The SMILES string of the molecule is CCCC(C)(C=NOC(=O)NC)SC. The fourth-order valence-corrected chi connectivity index (χ4v) is 1.50. The molecule has 5 heteroatoms. The van der Waals surface area contributed by atoms with Crippen molar-refractivity contribution >= 4 is 24.1 Å². The largest absolute Gasteiger partial charge is 0.433 e. The van der Waals surface area contributed by atoms with Crippen molar-refractivity contribution < 1.29 is 9.63 Å². The molecule has 1 amide bonds. The van der Waals surface area contributed by atoms with Gasteiger partial charge in [-0.1, -0.05) is 18.5 Å². The van der Waals surface area contributed by atoms with Crippen molar-refractivity contribution in [1.29, 1.82) is 0 Å². The van der Waals surface area contributed by atoms with Gasteiger partial charge >= 0.3 is 6.09 Å². The van der Waals surface area contributed by atoms with E-state index in [4.69, 9.17) is 0 Å².